The van der Waals surface area contributed by atoms with Crippen LogP contribution < -0.4 is 9.47 Å². The zero-order valence-electron chi connectivity index (χ0n) is 11.6. The van der Waals surface area contributed by atoms with Gasteiger partial charge in [-0.25, -0.2) is 4.79 Å². The number of rotatable bonds is 5. The lowest BCUT2D eigenvalue weighted by Crippen LogP contribution is -2.03. The molecule has 110 valence electrons. The van der Waals surface area contributed by atoms with Crippen molar-refractivity contribution in [1.29, 1.82) is 0 Å². The summed E-state index contributed by atoms with van der Waals surface area (Å²) in [5, 5.41) is 9.00. The average molecular weight is 399 g/mol. The van der Waals surface area contributed by atoms with Crippen LogP contribution in [-0.4, -0.2) is 23.2 Å². The maximum Gasteiger partial charge on any atom is 0.335 e. The number of aromatic carboxylic acids is 1. The summed E-state index contributed by atoms with van der Waals surface area (Å²) in [7, 11) is 1.60. The first kappa shape index (κ1) is 15.6. The summed E-state index contributed by atoms with van der Waals surface area (Å²) in [6.45, 7) is 2.12. The molecule has 0 radical (unpaired) electrons. The highest BCUT2D eigenvalue weighted by atomic mass is 127. The molecule has 1 aromatic carbocycles. The normalized spacial score (nSPS) is 10.2. The van der Waals surface area contributed by atoms with Crippen molar-refractivity contribution in [3.8, 4) is 11.5 Å². The Hall–Kier alpha value is -1.83. The molecule has 1 aromatic heterocycles. The van der Waals surface area contributed by atoms with Gasteiger partial charge in [-0.1, -0.05) is 0 Å². The number of halogens is 1. The lowest BCUT2D eigenvalue weighted by Gasteiger charge is -2.10. The summed E-state index contributed by atoms with van der Waals surface area (Å²) < 4.78 is 11.7. The molecular formula is C15H14INO4. The standard InChI is InChI=1S/C15H14INO4/c1-9-5-12(20-2)7-11(17-9)8-21-14-6-10(15(18)19)3-4-13(14)16/h3-7H,8H2,1-2H3,(H,18,19). The van der Waals surface area contributed by atoms with E-state index in [9.17, 15) is 4.79 Å². The summed E-state index contributed by atoms with van der Waals surface area (Å²) in [5.41, 5.74) is 1.76. The fourth-order valence-electron chi connectivity index (χ4n) is 1.79. The fraction of sp³-hybridized carbons (Fsp3) is 0.200. The first-order valence-corrected chi connectivity index (χ1v) is 7.24. The van der Waals surface area contributed by atoms with E-state index in [1.807, 2.05) is 13.0 Å². The van der Waals surface area contributed by atoms with Gasteiger partial charge in [0.15, 0.2) is 0 Å². The number of hydrogen-bond donors (Lipinski definition) is 1. The van der Waals surface area contributed by atoms with Crippen LogP contribution in [0.4, 0.5) is 0 Å². The molecule has 0 fully saturated rings. The third-order valence-electron chi connectivity index (χ3n) is 2.77. The SMILES string of the molecule is COc1cc(C)nc(COc2cc(C(=O)O)ccc2I)c1. The molecule has 5 nitrogen and oxygen atoms in total. The van der Waals surface area contributed by atoms with E-state index in [1.165, 1.54) is 6.07 Å². The second-order valence-corrected chi connectivity index (χ2v) is 5.54. The lowest BCUT2D eigenvalue weighted by molar-refractivity contribution is 0.0696. The third-order valence-corrected chi connectivity index (χ3v) is 3.66. The lowest BCUT2D eigenvalue weighted by atomic mass is 10.2. The highest BCUT2D eigenvalue weighted by Gasteiger charge is 2.09. The number of hydrogen-bond acceptors (Lipinski definition) is 4. The van der Waals surface area contributed by atoms with Gasteiger partial charge in [-0.2, -0.15) is 0 Å². The first-order chi connectivity index (χ1) is 9.99. The zero-order valence-corrected chi connectivity index (χ0v) is 13.7. The van der Waals surface area contributed by atoms with Crippen LogP contribution in [0.25, 0.3) is 0 Å². The molecule has 6 heteroatoms. The summed E-state index contributed by atoms with van der Waals surface area (Å²) >= 11 is 2.10. The number of carboxylic acid groups (broad SMARTS) is 1. The van der Waals surface area contributed by atoms with Crippen molar-refractivity contribution in [2.45, 2.75) is 13.5 Å². The predicted molar refractivity (Wildman–Crippen MR) is 86.0 cm³/mol. The average Bonchev–Trinajstić information content (AvgIpc) is 2.45. The van der Waals surface area contributed by atoms with Crippen LogP contribution in [0.1, 0.15) is 21.7 Å². The highest BCUT2D eigenvalue weighted by Crippen LogP contribution is 2.24. The van der Waals surface area contributed by atoms with E-state index in [2.05, 4.69) is 27.6 Å². The molecule has 21 heavy (non-hydrogen) atoms. The van der Waals surface area contributed by atoms with Crippen LogP contribution in [0.15, 0.2) is 30.3 Å². The number of benzene rings is 1. The molecule has 0 saturated heterocycles. The smallest absolute Gasteiger partial charge is 0.335 e. The van der Waals surface area contributed by atoms with Gasteiger partial charge >= 0.3 is 5.97 Å². The van der Waals surface area contributed by atoms with Crippen molar-refractivity contribution in [3.63, 3.8) is 0 Å². The van der Waals surface area contributed by atoms with Gasteiger partial charge in [0.25, 0.3) is 0 Å². The summed E-state index contributed by atoms with van der Waals surface area (Å²) in [6, 6.07) is 8.39. The monoisotopic (exact) mass is 399 g/mol. The Labute approximate surface area is 136 Å². The largest absolute Gasteiger partial charge is 0.497 e. The minimum Gasteiger partial charge on any atom is -0.497 e. The Morgan fingerprint density at radius 2 is 2.10 bits per heavy atom. The predicted octanol–water partition coefficient (Wildman–Crippen LogP) is 3.28. The topological polar surface area (TPSA) is 68.7 Å². The number of methoxy groups -OCH3 is 1. The third kappa shape index (κ3) is 4.07. The van der Waals surface area contributed by atoms with E-state index in [-0.39, 0.29) is 12.2 Å². The number of aryl methyl sites for hydroxylation is 1. The van der Waals surface area contributed by atoms with Gasteiger partial charge < -0.3 is 14.6 Å². The Kier molecular flexibility index (Phi) is 5.00. The van der Waals surface area contributed by atoms with E-state index in [1.54, 1.807) is 25.3 Å². The molecular weight excluding hydrogens is 385 g/mol. The van der Waals surface area contributed by atoms with E-state index < -0.39 is 5.97 Å². The van der Waals surface area contributed by atoms with E-state index in [4.69, 9.17) is 14.6 Å². The molecule has 0 spiro atoms. The van der Waals surface area contributed by atoms with Crippen molar-refractivity contribution in [3.05, 3.63) is 50.9 Å². The zero-order chi connectivity index (χ0) is 15.4. The van der Waals surface area contributed by atoms with Crippen LogP contribution in [-0.2, 0) is 6.61 Å². The minimum atomic E-state index is -0.980. The van der Waals surface area contributed by atoms with Gasteiger partial charge in [0.1, 0.15) is 18.1 Å². The van der Waals surface area contributed by atoms with Crippen LogP contribution in [0.5, 0.6) is 11.5 Å². The van der Waals surface area contributed by atoms with Crippen LogP contribution in [0.2, 0.25) is 0 Å². The molecule has 1 N–H and O–H groups in total. The van der Waals surface area contributed by atoms with Crippen LogP contribution in [0, 0.1) is 10.5 Å². The highest BCUT2D eigenvalue weighted by molar-refractivity contribution is 14.1. The number of pyridine rings is 1. The Bertz CT molecular complexity index is 673. The Balaban J connectivity index is 2.18. The van der Waals surface area contributed by atoms with Gasteiger partial charge in [0.2, 0.25) is 0 Å². The first-order valence-electron chi connectivity index (χ1n) is 6.17. The number of ether oxygens (including phenoxy) is 2. The maximum atomic E-state index is 11.0. The maximum absolute atomic E-state index is 11.0. The Morgan fingerprint density at radius 3 is 2.76 bits per heavy atom. The minimum absolute atomic E-state index is 0.195. The molecule has 0 aliphatic carbocycles. The van der Waals surface area contributed by atoms with Crippen molar-refractivity contribution in [1.82, 2.24) is 4.98 Å². The molecule has 0 unspecified atom stereocenters. The number of nitrogens with zero attached hydrogens (tertiary/aromatic N) is 1. The van der Waals surface area contributed by atoms with Gasteiger partial charge in [0.05, 0.1) is 21.9 Å². The van der Waals surface area contributed by atoms with Gasteiger partial charge in [-0.05, 0) is 47.7 Å². The molecule has 2 aromatic rings. The van der Waals surface area contributed by atoms with Crippen LogP contribution >= 0.6 is 22.6 Å². The van der Waals surface area contributed by atoms with Crippen molar-refractivity contribution < 1.29 is 19.4 Å². The fourth-order valence-corrected chi connectivity index (χ4v) is 2.28. The van der Waals surface area contributed by atoms with Gasteiger partial charge in [0, 0.05) is 17.8 Å². The summed E-state index contributed by atoms with van der Waals surface area (Å²) in [6.07, 6.45) is 0. The molecule has 0 saturated carbocycles. The molecule has 0 aliphatic heterocycles. The number of carbonyl (C=O) groups is 1. The van der Waals surface area contributed by atoms with Crippen LogP contribution in [0.3, 0.4) is 0 Å². The molecule has 1 heterocycles. The van der Waals surface area contributed by atoms with Crippen molar-refractivity contribution in [2.24, 2.45) is 0 Å². The van der Waals surface area contributed by atoms with Crippen molar-refractivity contribution in [2.75, 3.05) is 7.11 Å². The number of carboxylic acids is 1. The van der Waals surface area contributed by atoms with Gasteiger partial charge in [-0.3, -0.25) is 4.98 Å². The van der Waals surface area contributed by atoms with E-state index >= 15 is 0 Å². The molecule has 0 amide bonds. The molecule has 2 rings (SSSR count). The Morgan fingerprint density at radius 1 is 1.33 bits per heavy atom. The summed E-state index contributed by atoms with van der Waals surface area (Å²) in [4.78, 5) is 15.3. The summed E-state index contributed by atoms with van der Waals surface area (Å²) in [5.74, 6) is 0.263. The van der Waals surface area contributed by atoms with E-state index in [0.29, 0.717) is 5.75 Å². The second-order valence-electron chi connectivity index (χ2n) is 4.38. The molecule has 0 atom stereocenters. The number of aromatic nitrogens is 1. The quantitative estimate of drug-likeness (QED) is 0.782. The molecule has 0 bridgehead atoms. The molecule has 0 aliphatic rings. The van der Waals surface area contributed by atoms with Gasteiger partial charge in [-0.15, -0.1) is 0 Å². The van der Waals surface area contributed by atoms with Crippen molar-refractivity contribution >= 4 is 28.6 Å². The van der Waals surface area contributed by atoms with E-state index in [0.717, 1.165) is 20.7 Å². The second kappa shape index (κ2) is 6.75.